The second-order valence-corrected chi connectivity index (χ2v) is 5.23. The number of esters is 2. The first kappa shape index (κ1) is 22.1. The number of hydrogen-bond donors (Lipinski definition) is 1. The smallest absolute Gasteiger partial charge is 0.333 e. The molecule has 0 aromatic heterocycles. The highest BCUT2D eigenvalue weighted by Gasteiger charge is 2.43. The Balaban J connectivity index is 0. The van der Waals surface area contributed by atoms with E-state index in [1.54, 1.807) is 0 Å². The monoisotopic (exact) mass is 315 g/mol. The number of carbonyl (C=O) groups excluding carboxylic acids is 3. The molecule has 4 N–H and O–H groups in total. The van der Waals surface area contributed by atoms with Crippen molar-refractivity contribution in [3.8, 4) is 0 Å². The van der Waals surface area contributed by atoms with Crippen molar-refractivity contribution in [3.63, 3.8) is 0 Å². The molecule has 0 rings (SSSR count). The molecule has 22 heavy (non-hydrogen) atoms. The van der Waals surface area contributed by atoms with Gasteiger partial charge in [0.05, 0.1) is 11.4 Å². The summed E-state index contributed by atoms with van der Waals surface area (Å²) in [5.74, 6) is -2.95. The van der Waals surface area contributed by atoms with E-state index in [0.717, 1.165) is 0 Å². The van der Waals surface area contributed by atoms with Crippen molar-refractivity contribution in [2.75, 3.05) is 0 Å². The lowest BCUT2D eigenvalue weighted by molar-refractivity contribution is -0.327. The van der Waals surface area contributed by atoms with Crippen molar-refractivity contribution in [1.29, 1.82) is 0 Å². The molecular formula is C15H25NO6. The van der Waals surface area contributed by atoms with Crippen molar-refractivity contribution in [2.24, 2.45) is 5.41 Å². The third kappa shape index (κ3) is 5.00. The molecule has 2 atom stereocenters. The van der Waals surface area contributed by atoms with Gasteiger partial charge in [0.25, 0.3) is 0 Å². The summed E-state index contributed by atoms with van der Waals surface area (Å²) in [5.41, 5.74) is -1.45. The van der Waals surface area contributed by atoms with Crippen molar-refractivity contribution in [3.05, 3.63) is 24.3 Å². The fourth-order valence-electron chi connectivity index (χ4n) is 1.43. The molecule has 0 aromatic carbocycles. The van der Waals surface area contributed by atoms with E-state index in [-0.39, 0.29) is 17.3 Å². The Bertz CT molecular complexity index is 448. The van der Waals surface area contributed by atoms with Gasteiger partial charge in [0.1, 0.15) is 12.2 Å². The first-order valence-corrected chi connectivity index (χ1v) is 6.39. The Morgan fingerprint density at radius 1 is 0.955 bits per heavy atom. The van der Waals surface area contributed by atoms with Crippen molar-refractivity contribution >= 4 is 17.9 Å². The van der Waals surface area contributed by atoms with Crippen LogP contribution >= 0.6 is 0 Å². The van der Waals surface area contributed by atoms with Gasteiger partial charge in [-0.05, 0) is 34.6 Å². The van der Waals surface area contributed by atoms with Gasteiger partial charge in [0.15, 0.2) is 0 Å². The average molecular weight is 315 g/mol. The number of quaternary nitrogens is 1. The van der Waals surface area contributed by atoms with Gasteiger partial charge < -0.3 is 25.5 Å². The van der Waals surface area contributed by atoms with E-state index >= 15 is 0 Å². The fourth-order valence-corrected chi connectivity index (χ4v) is 1.43. The molecule has 126 valence electrons. The summed E-state index contributed by atoms with van der Waals surface area (Å²) in [6, 6.07) is 0. The normalized spacial score (nSPS) is 15.3. The highest BCUT2D eigenvalue weighted by molar-refractivity contribution is 5.88. The Hall–Kier alpha value is -2.15. The zero-order chi connectivity index (χ0) is 17.0. The summed E-state index contributed by atoms with van der Waals surface area (Å²) in [6.45, 7) is 13.8. The minimum atomic E-state index is -1.71. The molecule has 0 bridgehead atoms. The number of carboxylic acids is 1. The molecule has 0 aliphatic rings. The molecular weight excluding hydrogens is 290 g/mol. The van der Waals surface area contributed by atoms with E-state index in [4.69, 9.17) is 9.47 Å². The molecule has 0 spiro atoms. The van der Waals surface area contributed by atoms with Crippen LogP contribution < -0.4 is 11.3 Å². The van der Waals surface area contributed by atoms with Crippen LogP contribution in [0.1, 0.15) is 34.6 Å². The van der Waals surface area contributed by atoms with E-state index in [1.807, 2.05) is 0 Å². The molecule has 0 aliphatic heterocycles. The molecule has 0 saturated carbocycles. The molecule has 0 saturated heterocycles. The number of carboxylic acid groups (broad SMARTS) is 1. The van der Waals surface area contributed by atoms with Crippen LogP contribution in [0.2, 0.25) is 0 Å². The summed E-state index contributed by atoms with van der Waals surface area (Å²) in [6.07, 6.45) is -2.17. The van der Waals surface area contributed by atoms with Crippen LogP contribution in [-0.2, 0) is 23.9 Å². The minimum absolute atomic E-state index is 0. The first-order chi connectivity index (χ1) is 9.44. The van der Waals surface area contributed by atoms with E-state index in [1.165, 1.54) is 34.6 Å². The van der Waals surface area contributed by atoms with Gasteiger partial charge in [-0.1, -0.05) is 13.2 Å². The number of carbonyl (C=O) groups is 3. The lowest BCUT2D eigenvalue weighted by atomic mass is 9.79. The Morgan fingerprint density at radius 3 is 1.41 bits per heavy atom. The third-order valence-corrected chi connectivity index (χ3v) is 3.39. The molecule has 0 radical (unpaired) electrons. The van der Waals surface area contributed by atoms with Crippen LogP contribution in [0.5, 0.6) is 0 Å². The van der Waals surface area contributed by atoms with Gasteiger partial charge in [0.2, 0.25) is 0 Å². The SMILES string of the molecule is C=C(C)C(=O)OC(C)C(C)(C(=O)[O-])C(C)OC(=O)C(=C)C.[NH4+]. The van der Waals surface area contributed by atoms with E-state index in [0.29, 0.717) is 0 Å². The first-order valence-electron chi connectivity index (χ1n) is 6.39. The zero-order valence-corrected chi connectivity index (χ0v) is 14.0. The summed E-state index contributed by atoms with van der Waals surface area (Å²) < 4.78 is 10.1. The molecule has 2 unspecified atom stereocenters. The third-order valence-electron chi connectivity index (χ3n) is 3.39. The second-order valence-electron chi connectivity index (χ2n) is 5.23. The van der Waals surface area contributed by atoms with Gasteiger partial charge in [-0.25, -0.2) is 9.59 Å². The average Bonchev–Trinajstić information content (AvgIpc) is 2.36. The van der Waals surface area contributed by atoms with Gasteiger partial charge in [-0.3, -0.25) is 0 Å². The molecule has 0 heterocycles. The molecule has 0 aromatic rings. The Labute approximate surface area is 130 Å². The van der Waals surface area contributed by atoms with E-state index < -0.39 is 35.5 Å². The van der Waals surface area contributed by atoms with Crippen LogP contribution in [0.15, 0.2) is 24.3 Å². The number of hydrogen-bond acceptors (Lipinski definition) is 6. The molecule has 0 aliphatic carbocycles. The largest absolute Gasteiger partial charge is 0.549 e. The predicted molar refractivity (Wildman–Crippen MR) is 79.8 cm³/mol. The van der Waals surface area contributed by atoms with Crippen molar-refractivity contribution < 1.29 is 29.0 Å². The van der Waals surface area contributed by atoms with Crippen molar-refractivity contribution in [2.45, 2.75) is 46.8 Å². The molecule has 7 nitrogen and oxygen atoms in total. The number of aliphatic carboxylic acids is 1. The van der Waals surface area contributed by atoms with Crippen LogP contribution in [0.3, 0.4) is 0 Å². The van der Waals surface area contributed by atoms with E-state index in [2.05, 4.69) is 13.2 Å². The van der Waals surface area contributed by atoms with Crippen molar-refractivity contribution in [1.82, 2.24) is 6.15 Å². The van der Waals surface area contributed by atoms with Gasteiger partial charge in [-0.2, -0.15) is 0 Å². The highest BCUT2D eigenvalue weighted by Crippen LogP contribution is 2.31. The predicted octanol–water partition coefficient (Wildman–Crippen LogP) is 1.13. The van der Waals surface area contributed by atoms with Gasteiger partial charge in [0, 0.05) is 11.1 Å². The van der Waals surface area contributed by atoms with Crippen LogP contribution in [0.4, 0.5) is 0 Å². The van der Waals surface area contributed by atoms with Crippen LogP contribution in [0, 0.1) is 5.41 Å². The summed E-state index contributed by atoms with van der Waals surface area (Å²) >= 11 is 0. The minimum Gasteiger partial charge on any atom is -0.549 e. The summed E-state index contributed by atoms with van der Waals surface area (Å²) in [4.78, 5) is 34.5. The lowest BCUT2D eigenvalue weighted by Gasteiger charge is -2.40. The van der Waals surface area contributed by atoms with Gasteiger partial charge in [-0.15, -0.1) is 0 Å². The summed E-state index contributed by atoms with van der Waals surface area (Å²) in [5, 5.41) is 11.5. The van der Waals surface area contributed by atoms with Gasteiger partial charge >= 0.3 is 11.9 Å². The lowest BCUT2D eigenvalue weighted by Crippen LogP contribution is -2.55. The van der Waals surface area contributed by atoms with Crippen LogP contribution in [0.25, 0.3) is 0 Å². The number of ether oxygens (including phenoxy) is 2. The molecule has 7 heteroatoms. The standard InChI is InChI=1S/C15H22O6.H3N/c1-8(2)12(16)20-10(5)15(7,14(18)19)11(6)21-13(17)9(3)4;/h10-11H,1,3H2,2,4-7H3,(H,18,19);1H3. The quantitative estimate of drug-likeness (QED) is 0.554. The maximum absolute atomic E-state index is 11.5. The molecule has 0 fully saturated rings. The highest BCUT2D eigenvalue weighted by atomic mass is 16.6. The Kier molecular flexibility index (Phi) is 8.38. The summed E-state index contributed by atoms with van der Waals surface area (Å²) in [7, 11) is 0. The topological polar surface area (TPSA) is 129 Å². The number of rotatable bonds is 7. The van der Waals surface area contributed by atoms with E-state index in [9.17, 15) is 19.5 Å². The fraction of sp³-hybridized carbons (Fsp3) is 0.533. The maximum Gasteiger partial charge on any atom is 0.333 e. The maximum atomic E-state index is 11.5. The Morgan fingerprint density at radius 2 is 1.23 bits per heavy atom. The molecule has 0 amide bonds. The zero-order valence-electron chi connectivity index (χ0n) is 14.0. The van der Waals surface area contributed by atoms with Crippen LogP contribution in [-0.4, -0.2) is 30.1 Å². The second kappa shape index (κ2) is 8.33.